The van der Waals surface area contributed by atoms with E-state index in [0.29, 0.717) is 17.0 Å². The summed E-state index contributed by atoms with van der Waals surface area (Å²) in [6, 6.07) is 10.9. The minimum atomic E-state index is -0.229. The van der Waals surface area contributed by atoms with E-state index in [-0.39, 0.29) is 5.91 Å². The lowest BCUT2D eigenvalue weighted by atomic mass is 10.1. The lowest BCUT2D eigenvalue weighted by Gasteiger charge is -2.12. The van der Waals surface area contributed by atoms with Crippen molar-refractivity contribution in [2.45, 2.75) is 6.92 Å². The highest BCUT2D eigenvalue weighted by molar-refractivity contribution is 9.10. The highest BCUT2D eigenvalue weighted by Crippen LogP contribution is 2.26. The van der Waals surface area contributed by atoms with E-state index >= 15 is 0 Å². The zero-order valence-electron chi connectivity index (χ0n) is 13.2. The molecule has 1 heterocycles. The SMILES string of the molecule is COc1cc(C(=O)Nc2cc(Br)ccc2-n2cncn2)ccc1C. The van der Waals surface area contributed by atoms with Crippen LogP contribution in [0.25, 0.3) is 5.69 Å². The van der Waals surface area contributed by atoms with Crippen LogP contribution < -0.4 is 10.1 Å². The molecule has 0 aliphatic carbocycles. The molecule has 6 nitrogen and oxygen atoms in total. The van der Waals surface area contributed by atoms with Crippen LogP contribution in [0.2, 0.25) is 0 Å². The monoisotopic (exact) mass is 386 g/mol. The molecule has 24 heavy (non-hydrogen) atoms. The minimum absolute atomic E-state index is 0.229. The molecule has 0 radical (unpaired) electrons. The molecular weight excluding hydrogens is 372 g/mol. The Morgan fingerprint density at radius 2 is 2.08 bits per heavy atom. The number of halogens is 1. The number of amides is 1. The number of nitrogens with zero attached hydrogens (tertiary/aromatic N) is 3. The van der Waals surface area contributed by atoms with Gasteiger partial charge in [-0.2, -0.15) is 5.10 Å². The molecule has 0 aliphatic heterocycles. The predicted octanol–water partition coefficient (Wildman–Crippen LogP) is 3.60. The number of hydrogen-bond donors (Lipinski definition) is 1. The number of ether oxygens (including phenoxy) is 1. The molecule has 0 saturated carbocycles. The Morgan fingerprint density at radius 3 is 2.79 bits per heavy atom. The number of benzene rings is 2. The van der Waals surface area contributed by atoms with Crippen molar-refractivity contribution in [3.05, 3.63) is 64.7 Å². The summed E-state index contributed by atoms with van der Waals surface area (Å²) in [4.78, 5) is 16.5. The summed E-state index contributed by atoms with van der Waals surface area (Å²) in [5.74, 6) is 0.446. The third kappa shape index (κ3) is 3.30. The Labute approximate surface area is 147 Å². The van der Waals surface area contributed by atoms with Crippen LogP contribution in [0.15, 0.2) is 53.5 Å². The molecule has 1 aromatic heterocycles. The van der Waals surface area contributed by atoms with E-state index in [0.717, 1.165) is 15.7 Å². The average molecular weight is 387 g/mol. The van der Waals surface area contributed by atoms with Crippen LogP contribution in [-0.2, 0) is 0 Å². The number of nitrogens with one attached hydrogen (secondary N) is 1. The number of carbonyl (C=O) groups is 1. The van der Waals surface area contributed by atoms with Gasteiger partial charge in [0.1, 0.15) is 18.4 Å². The Morgan fingerprint density at radius 1 is 1.25 bits per heavy atom. The van der Waals surface area contributed by atoms with Crippen LogP contribution in [0.3, 0.4) is 0 Å². The third-order valence-corrected chi connectivity index (χ3v) is 4.04. The van der Waals surface area contributed by atoms with E-state index in [1.807, 2.05) is 31.2 Å². The Bertz CT molecular complexity index is 878. The molecule has 0 fully saturated rings. The first-order valence-electron chi connectivity index (χ1n) is 7.19. The predicted molar refractivity (Wildman–Crippen MR) is 94.7 cm³/mol. The number of aryl methyl sites for hydroxylation is 1. The lowest BCUT2D eigenvalue weighted by Crippen LogP contribution is -2.14. The number of hydrogen-bond acceptors (Lipinski definition) is 4. The summed E-state index contributed by atoms with van der Waals surface area (Å²) in [7, 11) is 1.58. The van der Waals surface area contributed by atoms with Gasteiger partial charge in [0.2, 0.25) is 0 Å². The number of anilines is 1. The van der Waals surface area contributed by atoms with Crippen LogP contribution in [-0.4, -0.2) is 27.8 Å². The van der Waals surface area contributed by atoms with Gasteiger partial charge in [-0.15, -0.1) is 0 Å². The molecule has 0 saturated heterocycles. The molecule has 3 rings (SSSR count). The summed E-state index contributed by atoms with van der Waals surface area (Å²) >= 11 is 3.42. The van der Waals surface area contributed by atoms with Gasteiger partial charge < -0.3 is 10.1 Å². The maximum atomic E-state index is 12.6. The van der Waals surface area contributed by atoms with Crippen molar-refractivity contribution < 1.29 is 9.53 Å². The van der Waals surface area contributed by atoms with Gasteiger partial charge in [-0.05, 0) is 42.8 Å². The summed E-state index contributed by atoms with van der Waals surface area (Å²) in [6.07, 6.45) is 3.02. The van der Waals surface area contributed by atoms with Crippen molar-refractivity contribution in [1.29, 1.82) is 0 Å². The number of rotatable bonds is 4. The van der Waals surface area contributed by atoms with Gasteiger partial charge >= 0.3 is 0 Å². The maximum absolute atomic E-state index is 12.6. The molecule has 7 heteroatoms. The average Bonchev–Trinajstić information content (AvgIpc) is 3.09. The fourth-order valence-electron chi connectivity index (χ4n) is 2.30. The van der Waals surface area contributed by atoms with Crippen molar-refractivity contribution in [3.63, 3.8) is 0 Å². The molecular formula is C17H15BrN4O2. The van der Waals surface area contributed by atoms with Gasteiger partial charge in [-0.3, -0.25) is 4.79 Å². The smallest absolute Gasteiger partial charge is 0.255 e. The first-order chi connectivity index (χ1) is 11.6. The van der Waals surface area contributed by atoms with E-state index in [9.17, 15) is 4.79 Å². The Kier molecular flexibility index (Phi) is 4.61. The third-order valence-electron chi connectivity index (χ3n) is 3.54. The molecule has 0 spiro atoms. The van der Waals surface area contributed by atoms with E-state index in [1.54, 1.807) is 30.3 Å². The molecule has 0 atom stereocenters. The van der Waals surface area contributed by atoms with Gasteiger partial charge in [0, 0.05) is 10.0 Å². The molecule has 122 valence electrons. The zero-order chi connectivity index (χ0) is 17.1. The maximum Gasteiger partial charge on any atom is 0.255 e. The highest BCUT2D eigenvalue weighted by atomic mass is 79.9. The lowest BCUT2D eigenvalue weighted by molar-refractivity contribution is 0.102. The van der Waals surface area contributed by atoms with Crippen LogP contribution >= 0.6 is 15.9 Å². The molecule has 1 N–H and O–H groups in total. The van der Waals surface area contributed by atoms with Gasteiger partial charge in [-0.25, -0.2) is 9.67 Å². The van der Waals surface area contributed by atoms with Crippen LogP contribution in [0.1, 0.15) is 15.9 Å². The van der Waals surface area contributed by atoms with Crippen molar-refractivity contribution in [2.75, 3.05) is 12.4 Å². The topological polar surface area (TPSA) is 69.0 Å². The first-order valence-corrected chi connectivity index (χ1v) is 7.98. The van der Waals surface area contributed by atoms with E-state index < -0.39 is 0 Å². The van der Waals surface area contributed by atoms with Crippen molar-refractivity contribution in [3.8, 4) is 11.4 Å². The molecule has 2 aromatic carbocycles. The van der Waals surface area contributed by atoms with Crippen LogP contribution in [0.5, 0.6) is 5.75 Å². The number of methoxy groups -OCH3 is 1. The zero-order valence-corrected chi connectivity index (χ0v) is 14.7. The molecule has 3 aromatic rings. The van der Waals surface area contributed by atoms with E-state index in [2.05, 4.69) is 31.3 Å². The second kappa shape index (κ2) is 6.84. The van der Waals surface area contributed by atoms with Crippen LogP contribution in [0.4, 0.5) is 5.69 Å². The van der Waals surface area contributed by atoms with Crippen LogP contribution in [0, 0.1) is 6.92 Å². The normalized spacial score (nSPS) is 10.5. The van der Waals surface area contributed by atoms with E-state index in [4.69, 9.17) is 4.74 Å². The number of carbonyl (C=O) groups excluding carboxylic acids is 1. The summed E-state index contributed by atoms with van der Waals surface area (Å²) in [6.45, 7) is 1.93. The molecule has 0 aliphatic rings. The standard InChI is InChI=1S/C17H15BrN4O2/c1-11-3-4-12(7-16(11)24-2)17(23)21-14-8-13(18)5-6-15(14)22-10-19-9-20-22/h3-10H,1-2H3,(H,21,23). The summed E-state index contributed by atoms with van der Waals surface area (Å²) in [5, 5.41) is 7.03. The Hall–Kier alpha value is -2.67. The fraction of sp³-hybridized carbons (Fsp3) is 0.118. The first kappa shape index (κ1) is 16.2. The highest BCUT2D eigenvalue weighted by Gasteiger charge is 2.13. The van der Waals surface area contributed by atoms with Gasteiger partial charge in [0.05, 0.1) is 18.5 Å². The van der Waals surface area contributed by atoms with Crippen molar-refractivity contribution in [2.24, 2.45) is 0 Å². The quantitative estimate of drug-likeness (QED) is 0.743. The fourth-order valence-corrected chi connectivity index (χ4v) is 2.66. The van der Waals surface area contributed by atoms with Gasteiger partial charge in [-0.1, -0.05) is 22.0 Å². The molecule has 0 bridgehead atoms. The largest absolute Gasteiger partial charge is 0.496 e. The second-order valence-corrected chi connectivity index (χ2v) is 6.06. The molecule has 1 amide bonds. The van der Waals surface area contributed by atoms with Gasteiger partial charge in [0.25, 0.3) is 5.91 Å². The summed E-state index contributed by atoms with van der Waals surface area (Å²) in [5.41, 5.74) is 2.84. The molecule has 0 unspecified atom stereocenters. The van der Waals surface area contributed by atoms with Crippen molar-refractivity contribution in [1.82, 2.24) is 14.8 Å². The summed E-state index contributed by atoms with van der Waals surface area (Å²) < 4.78 is 7.72. The number of aromatic nitrogens is 3. The Balaban J connectivity index is 1.93. The minimum Gasteiger partial charge on any atom is -0.496 e. The second-order valence-electron chi connectivity index (χ2n) is 5.14. The van der Waals surface area contributed by atoms with E-state index in [1.165, 1.54) is 6.33 Å². The van der Waals surface area contributed by atoms with Gasteiger partial charge in [0.15, 0.2) is 0 Å². The van der Waals surface area contributed by atoms with Crippen molar-refractivity contribution >= 4 is 27.5 Å².